The van der Waals surface area contributed by atoms with Crippen LogP contribution in [-0.2, 0) is 10.0 Å². The molecule has 0 atom stereocenters. The van der Waals surface area contributed by atoms with E-state index in [-0.39, 0.29) is 29.7 Å². The van der Waals surface area contributed by atoms with E-state index in [1.165, 1.54) is 0 Å². The molecule has 6 nitrogen and oxygen atoms in total. The molecule has 23 heavy (non-hydrogen) atoms. The van der Waals surface area contributed by atoms with E-state index in [4.69, 9.17) is 16.9 Å². The summed E-state index contributed by atoms with van der Waals surface area (Å²) in [5.74, 6) is 0.00195. The Hall–Kier alpha value is -1.09. The Bertz CT molecular complexity index is 706. The second-order valence-corrected chi connectivity index (χ2v) is 8.02. The molecule has 12 heteroatoms. The fraction of sp³-hybridized carbons (Fsp3) is 0.636. The van der Waals surface area contributed by atoms with Gasteiger partial charge in [-0.2, -0.15) is 27.1 Å². The summed E-state index contributed by atoms with van der Waals surface area (Å²) in [6.45, 7) is 0.0542. The van der Waals surface area contributed by atoms with E-state index >= 15 is 0 Å². The quantitative estimate of drug-likeness (QED) is 0.856. The number of rotatable bonds is 4. The van der Waals surface area contributed by atoms with E-state index in [0.29, 0.717) is 28.7 Å². The maximum absolute atomic E-state index is 12.5. The number of alkyl halides is 3. The van der Waals surface area contributed by atoms with Crippen LogP contribution >= 0.6 is 23.1 Å². The molecule has 1 aromatic heterocycles. The van der Waals surface area contributed by atoms with E-state index in [0.717, 1.165) is 11.5 Å². The molecule has 0 aliphatic carbocycles. The van der Waals surface area contributed by atoms with Gasteiger partial charge in [0.25, 0.3) is 0 Å². The highest BCUT2D eigenvalue weighted by atomic mass is 35.5. The Balaban J connectivity index is 1.90. The van der Waals surface area contributed by atoms with Crippen LogP contribution in [0, 0.1) is 17.2 Å². The van der Waals surface area contributed by atoms with Crippen molar-refractivity contribution in [1.29, 1.82) is 5.26 Å². The maximum atomic E-state index is 12.5. The second kappa shape index (κ2) is 6.80. The molecule has 1 aliphatic heterocycles. The first-order valence-corrected chi connectivity index (χ1v) is 9.11. The lowest BCUT2D eigenvalue weighted by molar-refractivity contribution is -0.0496. The Morgan fingerprint density at radius 3 is 2.57 bits per heavy atom. The minimum Gasteiger partial charge on any atom is -0.374 e. The molecule has 2 heterocycles. The van der Waals surface area contributed by atoms with Crippen molar-refractivity contribution in [1.82, 2.24) is 8.68 Å². The second-order valence-electron chi connectivity index (χ2n) is 4.96. The van der Waals surface area contributed by atoms with Gasteiger partial charge >= 0.3 is 15.5 Å². The minimum atomic E-state index is -5.26. The Morgan fingerprint density at radius 1 is 1.43 bits per heavy atom. The van der Waals surface area contributed by atoms with Crippen LogP contribution in [0.1, 0.15) is 18.4 Å². The van der Waals surface area contributed by atoms with Crippen LogP contribution < -0.4 is 5.32 Å². The molecular formula is C11H12ClF3N4O2S2. The van der Waals surface area contributed by atoms with Gasteiger partial charge in [-0.1, -0.05) is 11.6 Å². The van der Waals surface area contributed by atoms with Crippen LogP contribution in [0.5, 0.6) is 0 Å². The number of halogens is 4. The average Bonchev–Trinajstić information content (AvgIpc) is 2.84. The molecule has 1 aromatic rings. The predicted octanol–water partition coefficient (Wildman–Crippen LogP) is 2.64. The topological polar surface area (TPSA) is 86.1 Å². The highest BCUT2D eigenvalue weighted by Gasteiger charge is 2.50. The van der Waals surface area contributed by atoms with Crippen LogP contribution in [0.15, 0.2) is 0 Å². The zero-order chi connectivity index (χ0) is 17.3. The summed E-state index contributed by atoms with van der Waals surface area (Å²) >= 11 is 6.76. The fourth-order valence-electron chi connectivity index (χ4n) is 2.23. The van der Waals surface area contributed by atoms with Gasteiger partial charge in [-0.3, -0.25) is 0 Å². The van der Waals surface area contributed by atoms with Crippen molar-refractivity contribution < 1.29 is 21.6 Å². The molecule has 0 saturated carbocycles. The Kier molecular flexibility index (Phi) is 5.40. The molecule has 0 amide bonds. The first kappa shape index (κ1) is 18.3. The highest BCUT2D eigenvalue weighted by Crippen LogP contribution is 2.31. The molecule has 1 N–H and O–H groups in total. The lowest BCUT2D eigenvalue weighted by Crippen LogP contribution is -2.45. The number of nitrogens with one attached hydrogen (secondary N) is 1. The summed E-state index contributed by atoms with van der Waals surface area (Å²) in [6, 6.07) is 1.92. The number of hydrogen-bond acceptors (Lipinski definition) is 6. The standard InChI is InChI=1S/C11H12ClF3N4O2S2/c12-9-8(5-16)10(22-18-9)17-6-7-1-3-19(4-2-7)23(20,21)11(13,14)15/h7,17H,1-4,6H2. The molecule has 1 saturated heterocycles. The molecule has 0 aromatic carbocycles. The molecule has 128 valence electrons. The normalized spacial score (nSPS) is 17.9. The third-order valence-electron chi connectivity index (χ3n) is 3.52. The molecule has 2 rings (SSSR count). The van der Waals surface area contributed by atoms with E-state index in [2.05, 4.69) is 9.69 Å². The van der Waals surface area contributed by atoms with Crippen LogP contribution in [-0.4, -0.2) is 42.2 Å². The van der Waals surface area contributed by atoms with Crippen molar-refractivity contribution in [3.63, 3.8) is 0 Å². The number of nitrogens with zero attached hydrogens (tertiary/aromatic N) is 3. The van der Waals surface area contributed by atoms with Gasteiger partial charge in [0.1, 0.15) is 16.6 Å². The van der Waals surface area contributed by atoms with Gasteiger partial charge in [0, 0.05) is 19.6 Å². The van der Waals surface area contributed by atoms with Gasteiger partial charge in [-0.05, 0) is 30.3 Å². The number of aromatic nitrogens is 1. The molecule has 0 radical (unpaired) electrons. The van der Waals surface area contributed by atoms with Crippen molar-refractivity contribution in [2.45, 2.75) is 18.3 Å². The average molecular weight is 389 g/mol. The van der Waals surface area contributed by atoms with Gasteiger partial charge in [-0.25, -0.2) is 8.42 Å². The summed E-state index contributed by atoms with van der Waals surface area (Å²) < 4.78 is 64.4. The van der Waals surface area contributed by atoms with Gasteiger partial charge in [0.15, 0.2) is 5.15 Å². The van der Waals surface area contributed by atoms with Crippen molar-refractivity contribution in [3.05, 3.63) is 10.7 Å². The van der Waals surface area contributed by atoms with Crippen molar-refractivity contribution >= 4 is 38.2 Å². The number of nitriles is 1. The number of anilines is 1. The lowest BCUT2D eigenvalue weighted by atomic mass is 9.98. The van der Waals surface area contributed by atoms with Crippen LogP contribution in [0.3, 0.4) is 0 Å². The molecule has 0 spiro atoms. The zero-order valence-electron chi connectivity index (χ0n) is 11.6. The third kappa shape index (κ3) is 3.88. The van der Waals surface area contributed by atoms with E-state index in [9.17, 15) is 21.6 Å². The minimum absolute atomic E-state index is 0.00195. The van der Waals surface area contributed by atoms with Crippen LogP contribution in [0.4, 0.5) is 18.2 Å². The van der Waals surface area contributed by atoms with Gasteiger partial charge in [0.05, 0.1) is 0 Å². The summed E-state index contributed by atoms with van der Waals surface area (Å²) in [6.07, 6.45) is 0.605. The zero-order valence-corrected chi connectivity index (χ0v) is 14.0. The third-order valence-corrected chi connectivity index (χ3v) is 6.33. The molecule has 0 bridgehead atoms. The molecule has 1 aliphatic rings. The van der Waals surface area contributed by atoms with Crippen molar-refractivity contribution in [3.8, 4) is 6.07 Å². The summed E-state index contributed by atoms with van der Waals surface area (Å²) in [4.78, 5) is 0. The van der Waals surface area contributed by atoms with Crippen LogP contribution in [0.25, 0.3) is 0 Å². The summed E-state index contributed by atoms with van der Waals surface area (Å²) in [7, 11) is -5.25. The Morgan fingerprint density at radius 2 is 2.04 bits per heavy atom. The maximum Gasteiger partial charge on any atom is 0.511 e. The van der Waals surface area contributed by atoms with Crippen molar-refractivity contribution in [2.24, 2.45) is 5.92 Å². The smallest absolute Gasteiger partial charge is 0.374 e. The molecule has 1 fully saturated rings. The largest absolute Gasteiger partial charge is 0.511 e. The lowest BCUT2D eigenvalue weighted by Gasteiger charge is -2.31. The number of hydrogen-bond donors (Lipinski definition) is 1. The molecule has 0 unspecified atom stereocenters. The highest BCUT2D eigenvalue weighted by molar-refractivity contribution is 7.90. The van der Waals surface area contributed by atoms with E-state index in [1.807, 2.05) is 6.07 Å². The predicted molar refractivity (Wildman–Crippen MR) is 79.6 cm³/mol. The first-order valence-electron chi connectivity index (χ1n) is 6.52. The molecular weight excluding hydrogens is 377 g/mol. The first-order chi connectivity index (χ1) is 10.7. The van der Waals surface area contributed by atoms with Crippen LogP contribution in [0.2, 0.25) is 5.15 Å². The SMILES string of the molecule is N#Cc1c(Cl)nsc1NCC1CCN(S(=O)(=O)C(F)(F)F)CC1. The summed E-state index contributed by atoms with van der Waals surface area (Å²) in [5, 5.41) is 12.5. The van der Waals surface area contributed by atoms with Crippen molar-refractivity contribution in [2.75, 3.05) is 25.0 Å². The Labute approximate surface area is 140 Å². The number of piperidine rings is 1. The fourth-order valence-corrected chi connectivity index (χ4v) is 4.15. The van der Waals surface area contributed by atoms with E-state index < -0.39 is 15.5 Å². The summed E-state index contributed by atoms with van der Waals surface area (Å²) in [5.41, 5.74) is -5.03. The number of sulfonamides is 1. The van der Waals surface area contributed by atoms with Gasteiger partial charge in [-0.15, -0.1) is 0 Å². The van der Waals surface area contributed by atoms with Gasteiger partial charge < -0.3 is 5.32 Å². The monoisotopic (exact) mass is 388 g/mol. The van der Waals surface area contributed by atoms with E-state index in [1.54, 1.807) is 0 Å². The van der Waals surface area contributed by atoms with Gasteiger partial charge in [0.2, 0.25) is 0 Å².